The van der Waals surface area contributed by atoms with Gasteiger partial charge in [-0.05, 0) is 30.3 Å². The van der Waals surface area contributed by atoms with Gasteiger partial charge in [0.2, 0.25) is 11.9 Å². The molecule has 5 aromatic rings. The second kappa shape index (κ2) is 18.1. The summed E-state index contributed by atoms with van der Waals surface area (Å²) in [5, 5.41) is 5.05. The van der Waals surface area contributed by atoms with Crippen molar-refractivity contribution in [2.45, 2.75) is 103 Å². The average molecular weight is 973 g/mol. The van der Waals surface area contributed by atoms with Gasteiger partial charge in [0.25, 0.3) is 11.5 Å². The Balaban J connectivity index is 1.14. The van der Waals surface area contributed by atoms with Crippen LogP contribution in [-0.2, 0) is 50.4 Å². The molecule has 66 heavy (non-hydrogen) atoms. The summed E-state index contributed by atoms with van der Waals surface area (Å²) in [6.45, 7) is 15.8. The highest BCUT2D eigenvalue weighted by Crippen LogP contribution is 2.57. The Morgan fingerprint density at radius 2 is 1.56 bits per heavy atom. The van der Waals surface area contributed by atoms with Gasteiger partial charge in [-0.15, -0.1) is 0 Å². The van der Waals surface area contributed by atoms with Crippen LogP contribution in [0.5, 0.6) is 0 Å². The minimum Gasteiger partial charge on any atom is -0.407 e. The van der Waals surface area contributed by atoms with E-state index in [4.69, 9.17) is 36.5 Å². The van der Waals surface area contributed by atoms with Crippen molar-refractivity contribution in [2.24, 2.45) is 11.8 Å². The second-order valence-corrected chi connectivity index (χ2v) is 26.7. The molecule has 7 heterocycles. The lowest BCUT2D eigenvalue weighted by Crippen LogP contribution is -2.49. The van der Waals surface area contributed by atoms with Crippen LogP contribution in [0.15, 0.2) is 54.1 Å². The zero-order valence-electron chi connectivity index (χ0n) is 38.1. The first-order chi connectivity index (χ1) is 31.1. The highest BCUT2D eigenvalue weighted by molar-refractivity contribution is 7.53. The van der Waals surface area contributed by atoms with Gasteiger partial charge in [0.1, 0.15) is 30.7 Å². The molecule has 356 valence electrons. The van der Waals surface area contributed by atoms with Crippen molar-refractivity contribution in [1.82, 2.24) is 39.0 Å². The predicted octanol–water partition coefficient (Wildman–Crippen LogP) is 6.02. The monoisotopic (exact) mass is 972 g/mol. The van der Waals surface area contributed by atoms with E-state index in [9.17, 15) is 23.5 Å². The van der Waals surface area contributed by atoms with Crippen molar-refractivity contribution in [1.29, 1.82) is 0 Å². The van der Waals surface area contributed by atoms with Gasteiger partial charge < -0.3 is 23.7 Å². The molecule has 23 nitrogen and oxygen atoms in total. The number of ether oxygens (including phenoxy) is 2. The zero-order chi connectivity index (χ0) is 47.5. The maximum Gasteiger partial charge on any atom is 0.475 e. The predicted molar refractivity (Wildman–Crippen MR) is 240 cm³/mol. The molecule has 2 amide bonds. The summed E-state index contributed by atoms with van der Waals surface area (Å²) in [5.74, 6) is -1.79. The number of nitrogens with zero attached hydrogens (tertiary/aromatic N) is 7. The zero-order valence-corrected chi connectivity index (χ0v) is 40.9. The van der Waals surface area contributed by atoms with Crippen molar-refractivity contribution in [2.75, 3.05) is 37.6 Å². The van der Waals surface area contributed by atoms with Gasteiger partial charge >= 0.3 is 15.4 Å². The molecule has 3 N–H and O–H groups in total. The molecular formula is C40H54N10O13P2Si. The van der Waals surface area contributed by atoms with Crippen LogP contribution in [0.4, 0.5) is 11.8 Å². The number of hydrogen-bond donors (Lipinski definition) is 3. The largest absolute Gasteiger partial charge is 0.475 e. The molecule has 8 rings (SSSR count). The Labute approximate surface area is 380 Å². The van der Waals surface area contributed by atoms with Gasteiger partial charge in [0.15, 0.2) is 48.9 Å². The van der Waals surface area contributed by atoms with Crippen molar-refractivity contribution < 1.29 is 55.2 Å². The molecule has 3 aliphatic rings. The summed E-state index contributed by atoms with van der Waals surface area (Å²) in [5.41, 5.74) is 0.249. The van der Waals surface area contributed by atoms with E-state index in [2.05, 4.69) is 40.5 Å². The molecule has 3 fully saturated rings. The van der Waals surface area contributed by atoms with Crippen LogP contribution in [0.1, 0.15) is 64.4 Å². The van der Waals surface area contributed by atoms with E-state index >= 15 is 0 Å². The molecular weight excluding hydrogens is 919 g/mol. The first kappa shape index (κ1) is 47.9. The van der Waals surface area contributed by atoms with Crippen LogP contribution in [0.2, 0.25) is 18.1 Å². The number of hydrogen-bond acceptors (Lipinski definition) is 18. The van der Waals surface area contributed by atoms with Crippen LogP contribution >= 0.6 is 15.4 Å². The fourth-order valence-corrected chi connectivity index (χ4v) is 11.1. The molecule has 3 saturated heterocycles. The van der Waals surface area contributed by atoms with E-state index in [1.807, 2.05) is 33.9 Å². The number of carbonyl (C=O) groups is 2. The van der Waals surface area contributed by atoms with Gasteiger partial charge in [-0.3, -0.25) is 56.5 Å². The highest BCUT2D eigenvalue weighted by Gasteiger charge is 2.56. The number of nitrogens with one attached hydrogen (secondary N) is 3. The standard InChI is InChI=1S/C40H54N10O13P2Si/c1-21(2)34(51)47-39-46-33-27(36(53)48-39)44-20-50(33)38-30(63-66(9,10)40(4,5)6)29-25(60-38)17-58-65(55,56-7)62-28-22(3)24(16-57-64(8,54)61-29)59-37(28)49-19-43-26-31(41-18-42-32(26)49)45-35(52)23-14-12-11-13-15-23/h11-15,18-22,24-25,28-30,37-38H,16-17H2,1-10H3,(H,41,42,45,52)(H2,46,47,48,51,53)/t22-,24+,25+,28?,29-,30?,37+,38+,64?,65?/m0/s1. The molecule has 0 saturated carbocycles. The smallest absolute Gasteiger partial charge is 0.407 e. The summed E-state index contributed by atoms with van der Waals surface area (Å²) in [7, 11) is -10.2. The molecule has 2 bridgehead atoms. The Hall–Kier alpha value is -4.58. The number of aromatic amines is 1. The van der Waals surface area contributed by atoms with Gasteiger partial charge in [0, 0.05) is 31.2 Å². The van der Waals surface area contributed by atoms with Gasteiger partial charge in [-0.25, -0.2) is 24.5 Å². The number of carbonyl (C=O) groups excluding carboxylic acids is 2. The quantitative estimate of drug-likeness (QED) is 0.112. The van der Waals surface area contributed by atoms with E-state index in [-0.39, 0.29) is 51.6 Å². The maximum atomic E-state index is 14.7. The summed E-state index contributed by atoms with van der Waals surface area (Å²) >= 11 is 0. The summed E-state index contributed by atoms with van der Waals surface area (Å²) in [4.78, 5) is 63.6. The Kier molecular flexibility index (Phi) is 13.2. The number of amides is 2. The lowest BCUT2D eigenvalue weighted by atomic mass is 10.0. The SMILES string of the molecule is COP1(=O)OC[C@H]2O[C@@H](n3cnc4c(=O)[nH]c(NC(=O)C(C)C)nc43)C(O[Si](C)(C)C(C)(C)C)[C@H]2OP(C)(=O)OC[C@H]2O[C@@H](n3cnc4c(NC(=O)c5ccccc5)ncnc43)C(O1)[C@H]2C. The second-order valence-electron chi connectivity index (χ2n) is 18.2. The number of benzene rings is 1. The number of fused-ring (bicyclic) bond motifs is 5. The van der Waals surface area contributed by atoms with E-state index in [0.29, 0.717) is 5.56 Å². The number of phosphoric acid groups is 1. The first-order valence-corrected chi connectivity index (χ1v) is 27.6. The molecule has 0 radical (unpaired) electrons. The number of aromatic nitrogens is 8. The summed E-state index contributed by atoms with van der Waals surface area (Å²) in [6.07, 6.45) is -3.62. The maximum absolute atomic E-state index is 14.7. The fourth-order valence-electron chi connectivity index (χ4n) is 7.48. The molecule has 0 spiro atoms. The van der Waals surface area contributed by atoms with Gasteiger partial charge in [-0.2, -0.15) is 4.98 Å². The number of H-pyrrole nitrogens is 1. The van der Waals surface area contributed by atoms with Gasteiger partial charge in [-0.1, -0.05) is 59.7 Å². The Morgan fingerprint density at radius 1 is 0.894 bits per heavy atom. The van der Waals surface area contributed by atoms with Crippen LogP contribution in [0.25, 0.3) is 22.3 Å². The molecule has 10 atom stereocenters. The number of anilines is 2. The minimum atomic E-state index is -4.53. The van der Waals surface area contributed by atoms with E-state index in [0.717, 1.165) is 0 Å². The molecule has 26 heteroatoms. The third kappa shape index (κ3) is 9.46. The highest BCUT2D eigenvalue weighted by atomic mass is 31.2. The Morgan fingerprint density at radius 3 is 2.24 bits per heavy atom. The third-order valence-corrected chi connectivity index (χ3v) is 19.4. The van der Waals surface area contributed by atoms with Crippen LogP contribution < -0.4 is 16.2 Å². The van der Waals surface area contributed by atoms with E-state index in [1.54, 1.807) is 55.7 Å². The van der Waals surface area contributed by atoms with Crippen LogP contribution in [0.3, 0.4) is 0 Å². The van der Waals surface area contributed by atoms with Crippen molar-refractivity contribution in [3.63, 3.8) is 0 Å². The van der Waals surface area contributed by atoms with E-state index in [1.165, 1.54) is 37.3 Å². The number of imidazole rings is 2. The number of rotatable bonds is 9. The fraction of sp³-hybridized carbons (Fsp3) is 0.550. The molecule has 0 aliphatic carbocycles. The summed E-state index contributed by atoms with van der Waals surface area (Å²) in [6, 6.07) is 8.59. The topological polar surface area (TPSA) is 273 Å². The lowest BCUT2D eigenvalue weighted by Gasteiger charge is -2.41. The van der Waals surface area contributed by atoms with E-state index < -0.39 is 96.6 Å². The molecule has 3 aliphatic heterocycles. The van der Waals surface area contributed by atoms with Crippen LogP contribution in [0, 0.1) is 11.8 Å². The van der Waals surface area contributed by atoms with Crippen molar-refractivity contribution in [3.8, 4) is 0 Å². The average Bonchev–Trinajstić information content (AvgIpc) is 4.03. The third-order valence-electron chi connectivity index (χ3n) is 12.3. The van der Waals surface area contributed by atoms with Crippen molar-refractivity contribution in [3.05, 3.63) is 65.2 Å². The van der Waals surface area contributed by atoms with Gasteiger partial charge in [0.05, 0.1) is 32.0 Å². The molecule has 1 aromatic carbocycles. The number of phosphoric ester groups is 1. The molecule has 4 unspecified atom stereocenters. The minimum absolute atomic E-state index is 0.0416. The normalized spacial score (nSPS) is 29.9. The summed E-state index contributed by atoms with van der Waals surface area (Å²) < 4.78 is 83.0. The first-order valence-electron chi connectivity index (χ1n) is 21.3. The van der Waals surface area contributed by atoms with Crippen LogP contribution in [-0.4, -0.2) is 117 Å². The van der Waals surface area contributed by atoms with Crippen molar-refractivity contribution >= 4 is 69.6 Å². The Bertz CT molecular complexity index is 2780. The molecule has 4 aromatic heterocycles. The lowest BCUT2D eigenvalue weighted by molar-refractivity contribution is -0.118.